The van der Waals surface area contributed by atoms with Crippen LogP contribution in [0.15, 0.2) is 18.2 Å². The predicted molar refractivity (Wildman–Crippen MR) is 108 cm³/mol. The number of carbonyl (C=O) groups is 2. The fraction of sp³-hybridized carbons (Fsp3) is 0.636. The molecule has 5 heteroatoms. The van der Waals surface area contributed by atoms with Gasteiger partial charge in [0.05, 0.1) is 0 Å². The van der Waals surface area contributed by atoms with Gasteiger partial charge >= 0.3 is 5.97 Å². The van der Waals surface area contributed by atoms with Crippen LogP contribution < -0.4 is 5.32 Å². The van der Waals surface area contributed by atoms with Crippen molar-refractivity contribution in [1.82, 2.24) is 5.32 Å². The fourth-order valence-electron chi connectivity index (χ4n) is 3.14. The van der Waals surface area contributed by atoms with E-state index < -0.39 is 12.0 Å². The smallest absolute Gasteiger partial charge is 0.326 e. The Morgan fingerprint density at radius 1 is 1.00 bits per heavy atom. The van der Waals surface area contributed by atoms with Crippen molar-refractivity contribution >= 4 is 11.9 Å². The van der Waals surface area contributed by atoms with Gasteiger partial charge in [-0.3, -0.25) is 4.79 Å². The molecule has 1 rings (SSSR count). The van der Waals surface area contributed by atoms with E-state index in [2.05, 4.69) is 12.2 Å². The standard InChI is InChI=1S/C22H35NO4/c1-3-4-5-6-7-8-9-10-11-12-21(25)23-19(22(26)27)16-18-13-14-20(24)17(2)15-18/h13-15,19,24H,3-12,16H2,1-2H3,(H,23,25)(H,26,27)/t19-/m0/s1. The van der Waals surface area contributed by atoms with E-state index in [1.165, 1.54) is 38.5 Å². The molecule has 0 aliphatic rings. The molecule has 152 valence electrons. The molecule has 0 aromatic heterocycles. The molecular weight excluding hydrogens is 342 g/mol. The second-order valence-electron chi connectivity index (χ2n) is 7.36. The molecule has 0 aliphatic carbocycles. The zero-order chi connectivity index (χ0) is 20.1. The highest BCUT2D eigenvalue weighted by Gasteiger charge is 2.20. The number of benzene rings is 1. The molecule has 5 nitrogen and oxygen atoms in total. The number of aryl methyl sites for hydroxylation is 1. The second kappa shape index (κ2) is 13.2. The summed E-state index contributed by atoms with van der Waals surface area (Å²) in [5, 5.41) is 21.6. The van der Waals surface area contributed by atoms with Gasteiger partial charge in [0.25, 0.3) is 0 Å². The van der Waals surface area contributed by atoms with E-state index in [1.54, 1.807) is 25.1 Å². The summed E-state index contributed by atoms with van der Waals surface area (Å²) >= 11 is 0. The van der Waals surface area contributed by atoms with Crippen molar-refractivity contribution in [3.63, 3.8) is 0 Å². The maximum atomic E-state index is 12.1. The summed E-state index contributed by atoms with van der Waals surface area (Å²) in [6, 6.07) is 4.04. The Balaban J connectivity index is 2.27. The third-order valence-electron chi connectivity index (χ3n) is 4.84. The first-order valence-electron chi connectivity index (χ1n) is 10.2. The highest BCUT2D eigenvalue weighted by molar-refractivity contribution is 5.83. The molecule has 0 aliphatic heterocycles. The summed E-state index contributed by atoms with van der Waals surface area (Å²) in [5.41, 5.74) is 1.47. The fourth-order valence-corrected chi connectivity index (χ4v) is 3.14. The van der Waals surface area contributed by atoms with Crippen LogP contribution in [-0.2, 0) is 16.0 Å². The van der Waals surface area contributed by atoms with Crippen LogP contribution in [0.2, 0.25) is 0 Å². The number of carboxylic acids is 1. The van der Waals surface area contributed by atoms with Crippen molar-refractivity contribution in [2.75, 3.05) is 0 Å². The minimum Gasteiger partial charge on any atom is -0.508 e. The maximum absolute atomic E-state index is 12.1. The largest absolute Gasteiger partial charge is 0.508 e. The number of rotatable bonds is 14. The molecule has 0 saturated heterocycles. The van der Waals surface area contributed by atoms with Gasteiger partial charge < -0.3 is 15.5 Å². The van der Waals surface area contributed by atoms with Gasteiger partial charge in [0.2, 0.25) is 5.91 Å². The summed E-state index contributed by atoms with van der Waals surface area (Å²) in [4.78, 5) is 23.5. The van der Waals surface area contributed by atoms with E-state index in [1.807, 2.05) is 0 Å². The number of carboxylic acid groups (broad SMARTS) is 1. The summed E-state index contributed by atoms with van der Waals surface area (Å²) < 4.78 is 0. The van der Waals surface area contributed by atoms with Gasteiger partial charge in [0.1, 0.15) is 11.8 Å². The van der Waals surface area contributed by atoms with Gasteiger partial charge in [-0.25, -0.2) is 4.79 Å². The van der Waals surface area contributed by atoms with Crippen LogP contribution >= 0.6 is 0 Å². The molecular formula is C22H35NO4. The molecule has 1 aromatic rings. The van der Waals surface area contributed by atoms with Gasteiger partial charge in [-0.1, -0.05) is 70.4 Å². The van der Waals surface area contributed by atoms with Gasteiger partial charge in [0, 0.05) is 12.8 Å². The zero-order valence-electron chi connectivity index (χ0n) is 16.8. The molecule has 0 bridgehead atoms. The number of carbonyl (C=O) groups excluding carboxylic acids is 1. The maximum Gasteiger partial charge on any atom is 0.326 e. The van der Waals surface area contributed by atoms with Crippen molar-refractivity contribution in [2.24, 2.45) is 0 Å². The van der Waals surface area contributed by atoms with Crippen LogP contribution in [0.4, 0.5) is 0 Å². The van der Waals surface area contributed by atoms with E-state index in [9.17, 15) is 19.8 Å². The van der Waals surface area contributed by atoms with E-state index in [4.69, 9.17) is 0 Å². The van der Waals surface area contributed by atoms with Gasteiger partial charge in [0.15, 0.2) is 0 Å². The van der Waals surface area contributed by atoms with Gasteiger partial charge in [-0.15, -0.1) is 0 Å². The minimum absolute atomic E-state index is 0.181. The van der Waals surface area contributed by atoms with Crippen LogP contribution in [0.25, 0.3) is 0 Å². The number of unbranched alkanes of at least 4 members (excludes halogenated alkanes) is 8. The Bertz CT molecular complexity index is 586. The number of aromatic hydroxyl groups is 1. The van der Waals surface area contributed by atoms with Crippen LogP contribution in [0.5, 0.6) is 5.75 Å². The van der Waals surface area contributed by atoms with Crippen molar-refractivity contribution in [2.45, 2.75) is 90.5 Å². The monoisotopic (exact) mass is 377 g/mol. The lowest BCUT2D eigenvalue weighted by atomic mass is 10.0. The topological polar surface area (TPSA) is 86.6 Å². The Morgan fingerprint density at radius 3 is 2.15 bits per heavy atom. The van der Waals surface area contributed by atoms with E-state index in [-0.39, 0.29) is 18.1 Å². The number of nitrogens with one attached hydrogen (secondary N) is 1. The molecule has 1 amide bonds. The molecule has 1 aromatic carbocycles. The predicted octanol–water partition coefficient (Wildman–Crippen LogP) is 4.73. The summed E-state index contributed by atoms with van der Waals surface area (Å²) in [6.45, 7) is 3.97. The van der Waals surface area contributed by atoms with Gasteiger partial charge in [-0.05, 0) is 30.5 Å². The van der Waals surface area contributed by atoms with Crippen molar-refractivity contribution in [3.05, 3.63) is 29.3 Å². The van der Waals surface area contributed by atoms with Gasteiger partial charge in [-0.2, -0.15) is 0 Å². The third kappa shape index (κ3) is 10.0. The van der Waals surface area contributed by atoms with Crippen LogP contribution in [0.3, 0.4) is 0 Å². The van der Waals surface area contributed by atoms with E-state index >= 15 is 0 Å². The molecule has 1 atom stereocenters. The number of aliphatic carboxylic acids is 1. The lowest BCUT2D eigenvalue weighted by Crippen LogP contribution is -2.42. The zero-order valence-corrected chi connectivity index (χ0v) is 16.8. The Labute approximate surface area is 163 Å². The molecule has 0 heterocycles. The van der Waals surface area contributed by atoms with Crippen LogP contribution in [0.1, 0.15) is 82.3 Å². The van der Waals surface area contributed by atoms with E-state index in [0.29, 0.717) is 12.0 Å². The first-order valence-corrected chi connectivity index (χ1v) is 10.2. The first-order chi connectivity index (χ1) is 12.9. The number of phenols is 1. The lowest BCUT2D eigenvalue weighted by molar-refractivity contribution is -0.141. The highest BCUT2D eigenvalue weighted by atomic mass is 16.4. The molecule has 27 heavy (non-hydrogen) atoms. The molecule has 0 radical (unpaired) electrons. The van der Waals surface area contributed by atoms with Crippen molar-refractivity contribution < 1.29 is 19.8 Å². The normalized spacial score (nSPS) is 11.9. The summed E-state index contributed by atoms with van der Waals surface area (Å²) in [5.74, 6) is -1.07. The SMILES string of the molecule is CCCCCCCCCCCC(=O)N[C@@H](Cc1ccc(O)c(C)c1)C(=O)O. The van der Waals surface area contributed by atoms with Crippen LogP contribution in [0, 0.1) is 6.92 Å². The number of amides is 1. The van der Waals surface area contributed by atoms with Crippen molar-refractivity contribution in [3.8, 4) is 5.75 Å². The first kappa shape index (κ1) is 23.0. The molecule has 0 unspecified atom stereocenters. The third-order valence-corrected chi connectivity index (χ3v) is 4.84. The molecule has 3 N–H and O–H groups in total. The Morgan fingerprint density at radius 2 is 1.59 bits per heavy atom. The highest BCUT2D eigenvalue weighted by Crippen LogP contribution is 2.18. The lowest BCUT2D eigenvalue weighted by Gasteiger charge is -2.15. The Hall–Kier alpha value is -2.04. The number of phenolic OH excluding ortho intramolecular Hbond substituents is 1. The summed E-state index contributed by atoms with van der Waals surface area (Å²) in [6.07, 6.45) is 11.2. The van der Waals surface area contributed by atoms with Crippen LogP contribution in [-0.4, -0.2) is 28.1 Å². The molecule has 0 fully saturated rings. The number of hydrogen-bond acceptors (Lipinski definition) is 3. The molecule has 0 spiro atoms. The summed E-state index contributed by atoms with van der Waals surface area (Å²) in [7, 11) is 0. The quantitative estimate of drug-likeness (QED) is 0.409. The second-order valence-corrected chi connectivity index (χ2v) is 7.36. The average Bonchev–Trinajstić information content (AvgIpc) is 2.62. The molecule has 0 saturated carbocycles. The Kier molecular flexibility index (Phi) is 11.2. The number of hydrogen-bond donors (Lipinski definition) is 3. The minimum atomic E-state index is -1.04. The van der Waals surface area contributed by atoms with Crippen molar-refractivity contribution in [1.29, 1.82) is 0 Å². The van der Waals surface area contributed by atoms with E-state index in [0.717, 1.165) is 24.8 Å². The average molecular weight is 378 g/mol.